The van der Waals surface area contributed by atoms with Gasteiger partial charge < -0.3 is 14.5 Å². The molecule has 0 aliphatic rings. The maximum Gasteiger partial charge on any atom is 0.263 e. The molecule has 2 aromatic rings. The summed E-state index contributed by atoms with van der Waals surface area (Å²) in [4.78, 5) is 12.5. The molecule has 7 heteroatoms. The maximum atomic E-state index is 5.11. The fourth-order valence-electron chi connectivity index (χ4n) is 1.23. The minimum atomic E-state index is 0.543. The highest BCUT2D eigenvalue weighted by Gasteiger charge is 2.04. The van der Waals surface area contributed by atoms with E-state index in [4.69, 9.17) is 9.15 Å². The average Bonchev–Trinajstić information content (AvgIpc) is 2.89. The highest BCUT2D eigenvalue weighted by Crippen LogP contribution is 2.21. The minimum absolute atomic E-state index is 0.543. The summed E-state index contributed by atoms with van der Waals surface area (Å²) in [7, 11) is 1.68. The second-order valence-corrected chi connectivity index (χ2v) is 4.36. The molecule has 2 heterocycles. The van der Waals surface area contributed by atoms with Crippen molar-refractivity contribution in [2.45, 2.75) is 16.9 Å². The summed E-state index contributed by atoms with van der Waals surface area (Å²) < 4.78 is 10.0. The lowest BCUT2D eigenvalue weighted by Crippen LogP contribution is -2.18. The van der Waals surface area contributed by atoms with Crippen LogP contribution in [0, 0.1) is 0 Å². The number of aromatic nitrogens is 3. The predicted molar refractivity (Wildman–Crippen MR) is 66.2 cm³/mol. The van der Waals surface area contributed by atoms with Gasteiger partial charge in [0.25, 0.3) is 5.22 Å². The Balaban J connectivity index is 1.82. The molecule has 0 radical (unpaired) electrons. The molecule has 0 amide bonds. The zero-order chi connectivity index (χ0) is 12.6. The van der Waals surface area contributed by atoms with E-state index in [1.165, 1.54) is 18.0 Å². The van der Waals surface area contributed by atoms with E-state index >= 15 is 0 Å². The first-order chi connectivity index (χ1) is 8.88. The lowest BCUT2D eigenvalue weighted by molar-refractivity contribution is 0.199. The molecular formula is C11H14N4O2S. The van der Waals surface area contributed by atoms with Crippen LogP contribution in [0.5, 0.6) is 0 Å². The summed E-state index contributed by atoms with van der Waals surface area (Å²) >= 11 is 1.29. The van der Waals surface area contributed by atoms with Crippen molar-refractivity contribution in [2.24, 2.45) is 0 Å². The van der Waals surface area contributed by atoms with E-state index in [9.17, 15) is 0 Å². The van der Waals surface area contributed by atoms with Gasteiger partial charge in [0, 0.05) is 49.9 Å². The number of methoxy groups -OCH3 is 1. The third-order valence-corrected chi connectivity index (χ3v) is 2.85. The summed E-state index contributed by atoms with van der Waals surface area (Å²) in [5.74, 6) is 0. The van der Waals surface area contributed by atoms with Crippen LogP contribution in [0.25, 0.3) is 0 Å². The molecule has 2 aromatic heterocycles. The smallest absolute Gasteiger partial charge is 0.263 e. The summed E-state index contributed by atoms with van der Waals surface area (Å²) in [5, 5.41) is 4.39. The van der Waals surface area contributed by atoms with Crippen molar-refractivity contribution >= 4 is 11.8 Å². The Morgan fingerprint density at radius 1 is 1.33 bits per heavy atom. The Kier molecular flexibility index (Phi) is 5.13. The van der Waals surface area contributed by atoms with Gasteiger partial charge in [-0.1, -0.05) is 0 Å². The Bertz CT molecular complexity index is 447. The number of hydrogen-bond acceptors (Lipinski definition) is 7. The van der Waals surface area contributed by atoms with Crippen LogP contribution in [0.4, 0.5) is 0 Å². The first-order valence-electron chi connectivity index (χ1n) is 5.46. The van der Waals surface area contributed by atoms with E-state index in [1.807, 2.05) is 0 Å². The zero-order valence-corrected chi connectivity index (χ0v) is 10.8. The normalized spacial score (nSPS) is 10.7. The Morgan fingerprint density at radius 3 is 2.83 bits per heavy atom. The molecule has 18 heavy (non-hydrogen) atoms. The zero-order valence-electron chi connectivity index (χ0n) is 10.00. The van der Waals surface area contributed by atoms with Gasteiger partial charge >= 0.3 is 0 Å². The molecule has 0 aliphatic carbocycles. The fourth-order valence-corrected chi connectivity index (χ4v) is 1.82. The van der Waals surface area contributed by atoms with E-state index in [2.05, 4.69) is 20.3 Å². The first-order valence-corrected chi connectivity index (χ1v) is 6.28. The van der Waals surface area contributed by atoms with Crippen molar-refractivity contribution in [3.63, 3.8) is 0 Å². The van der Waals surface area contributed by atoms with Gasteiger partial charge in [-0.05, 0) is 0 Å². The van der Waals surface area contributed by atoms with Crippen molar-refractivity contribution in [1.82, 2.24) is 20.3 Å². The molecule has 0 aliphatic heterocycles. The second-order valence-electron chi connectivity index (χ2n) is 3.44. The van der Waals surface area contributed by atoms with Gasteiger partial charge in [0.05, 0.1) is 12.8 Å². The number of ether oxygens (including phenoxy) is 1. The fraction of sp³-hybridized carbons (Fsp3) is 0.364. The Labute approximate surface area is 109 Å². The lowest BCUT2D eigenvalue weighted by atomic mass is 10.3. The molecule has 0 atom stereocenters. The largest absolute Gasteiger partial charge is 0.440 e. The first kappa shape index (κ1) is 13.0. The molecule has 0 aromatic carbocycles. The Hall–Kier alpha value is -1.44. The van der Waals surface area contributed by atoms with Crippen LogP contribution in [-0.4, -0.2) is 35.2 Å². The standard InChI is InChI=1S/C11H14N4O2S/c1-16-4-2-12-6-9-7-14-10(15-8-9)18-11-13-3-5-17-11/h3,5,7-8,12H,2,4,6H2,1H3. The number of nitrogens with zero attached hydrogens (tertiary/aromatic N) is 3. The minimum Gasteiger partial charge on any atom is -0.440 e. The topological polar surface area (TPSA) is 73.1 Å². The van der Waals surface area contributed by atoms with Gasteiger partial charge in [0.15, 0.2) is 5.16 Å². The number of nitrogens with one attached hydrogen (secondary N) is 1. The van der Waals surface area contributed by atoms with Crippen LogP contribution in [0.3, 0.4) is 0 Å². The quantitative estimate of drug-likeness (QED) is 0.599. The Morgan fingerprint density at radius 2 is 2.17 bits per heavy atom. The van der Waals surface area contributed by atoms with Crippen molar-refractivity contribution in [3.05, 3.63) is 30.4 Å². The van der Waals surface area contributed by atoms with E-state index in [0.717, 1.165) is 18.7 Å². The number of oxazole rings is 1. The van der Waals surface area contributed by atoms with Gasteiger partial charge in [-0.15, -0.1) is 0 Å². The van der Waals surface area contributed by atoms with Crippen molar-refractivity contribution in [2.75, 3.05) is 20.3 Å². The molecule has 1 N–H and O–H groups in total. The van der Waals surface area contributed by atoms with Crippen LogP contribution in [0.2, 0.25) is 0 Å². The van der Waals surface area contributed by atoms with Gasteiger partial charge in [0.1, 0.15) is 6.26 Å². The van der Waals surface area contributed by atoms with Crippen LogP contribution < -0.4 is 5.32 Å². The van der Waals surface area contributed by atoms with Crippen molar-refractivity contribution in [1.29, 1.82) is 0 Å². The van der Waals surface area contributed by atoms with Crippen molar-refractivity contribution < 1.29 is 9.15 Å². The highest BCUT2D eigenvalue weighted by atomic mass is 32.2. The molecule has 0 spiro atoms. The highest BCUT2D eigenvalue weighted by molar-refractivity contribution is 7.98. The van der Waals surface area contributed by atoms with E-state index < -0.39 is 0 Å². The summed E-state index contributed by atoms with van der Waals surface area (Å²) in [5.41, 5.74) is 1.03. The monoisotopic (exact) mass is 266 g/mol. The summed E-state index contributed by atoms with van der Waals surface area (Å²) in [6, 6.07) is 0. The van der Waals surface area contributed by atoms with Crippen molar-refractivity contribution in [3.8, 4) is 0 Å². The van der Waals surface area contributed by atoms with Gasteiger partial charge in [-0.3, -0.25) is 0 Å². The van der Waals surface area contributed by atoms with Gasteiger partial charge in [0.2, 0.25) is 0 Å². The molecule has 96 valence electrons. The molecule has 0 saturated carbocycles. The molecule has 0 fully saturated rings. The third-order valence-electron chi connectivity index (χ3n) is 2.08. The van der Waals surface area contributed by atoms with Crippen LogP contribution >= 0.6 is 11.8 Å². The van der Waals surface area contributed by atoms with Crippen LogP contribution in [-0.2, 0) is 11.3 Å². The number of hydrogen-bond donors (Lipinski definition) is 1. The molecule has 0 bridgehead atoms. The van der Waals surface area contributed by atoms with E-state index in [0.29, 0.717) is 17.0 Å². The molecule has 0 unspecified atom stereocenters. The van der Waals surface area contributed by atoms with Gasteiger partial charge in [-0.2, -0.15) is 0 Å². The maximum absolute atomic E-state index is 5.11. The molecule has 6 nitrogen and oxygen atoms in total. The second kappa shape index (κ2) is 7.10. The third kappa shape index (κ3) is 4.10. The average molecular weight is 266 g/mol. The van der Waals surface area contributed by atoms with Crippen LogP contribution in [0.1, 0.15) is 5.56 Å². The molecular weight excluding hydrogens is 252 g/mol. The SMILES string of the molecule is COCCNCc1cnc(Sc2ncco2)nc1. The lowest BCUT2D eigenvalue weighted by Gasteiger charge is -2.03. The van der Waals surface area contributed by atoms with Crippen LogP contribution in [0.15, 0.2) is 39.7 Å². The summed E-state index contributed by atoms with van der Waals surface area (Å²) in [6.45, 7) is 2.23. The summed E-state index contributed by atoms with van der Waals surface area (Å²) in [6.07, 6.45) is 6.70. The molecule has 2 rings (SSSR count). The van der Waals surface area contributed by atoms with Gasteiger partial charge in [-0.25, -0.2) is 15.0 Å². The van der Waals surface area contributed by atoms with E-state index in [-0.39, 0.29) is 0 Å². The number of rotatable bonds is 7. The molecule has 0 saturated heterocycles. The van der Waals surface area contributed by atoms with E-state index in [1.54, 1.807) is 25.7 Å². The predicted octanol–water partition coefficient (Wildman–Crippen LogP) is 1.35.